The Labute approximate surface area is 136 Å². The molecule has 7 nitrogen and oxygen atoms in total. The SMILES string of the molecule is Cc1cccc2c(=O)n(CC(=O)Nc3cncc(Cl)n3)cnc12. The van der Waals surface area contributed by atoms with E-state index in [1.165, 1.54) is 23.3 Å². The Morgan fingerprint density at radius 3 is 2.96 bits per heavy atom. The van der Waals surface area contributed by atoms with Gasteiger partial charge in [0.15, 0.2) is 5.82 Å². The lowest BCUT2D eigenvalue weighted by Gasteiger charge is -2.08. The number of rotatable bonds is 3. The third kappa shape index (κ3) is 3.19. The molecule has 23 heavy (non-hydrogen) atoms. The lowest BCUT2D eigenvalue weighted by molar-refractivity contribution is -0.116. The van der Waals surface area contributed by atoms with E-state index >= 15 is 0 Å². The van der Waals surface area contributed by atoms with Crippen LogP contribution in [0.3, 0.4) is 0 Å². The molecule has 0 aliphatic carbocycles. The van der Waals surface area contributed by atoms with Crippen LogP contribution in [-0.4, -0.2) is 25.4 Å². The minimum Gasteiger partial charge on any atom is -0.308 e. The van der Waals surface area contributed by atoms with Crippen molar-refractivity contribution < 1.29 is 4.79 Å². The molecule has 2 heterocycles. The second-order valence-corrected chi connectivity index (χ2v) is 5.31. The van der Waals surface area contributed by atoms with Crippen LogP contribution in [0.25, 0.3) is 10.9 Å². The molecule has 0 spiro atoms. The Balaban J connectivity index is 1.85. The summed E-state index contributed by atoms with van der Waals surface area (Å²) < 4.78 is 1.25. The first kappa shape index (κ1) is 15.1. The third-order valence-electron chi connectivity index (χ3n) is 3.24. The fraction of sp³-hybridized carbons (Fsp3) is 0.133. The van der Waals surface area contributed by atoms with Crippen molar-refractivity contribution in [1.82, 2.24) is 19.5 Å². The van der Waals surface area contributed by atoms with E-state index in [1.807, 2.05) is 13.0 Å². The number of halogens is 1. The highest BCUT2D eigenvalue weighted by atomic mass is 35.5. The van der Waals surface area contributed by atoms with E-state index in [-0.39, 0.29) is 23.1 Å². The maximum atomic E-state index is 12.4. The fourth-order valence-electron chi connectivity index (χ4n) is 2.19. The van der Waals surface area contributed by atoms with Crippen LogP contribution in [0.2, 0.25) is 5.15 Å². The average Bonchev–Trinajstić information content (AvgIpc) is 2.51. The van der Waals surface area contributed by atoms with Gasteiger partial charge < -0.3 is 5.32 Å². The van der Waals surface area contributed by atoms with E-state index in [4.69, 9.17) is 11.6 Å². The van der Waals surface area contributed by atoms with Gasteiger partial charge in [-0.05, 0) is 18.6 Å². The van der Waals surface area contributed by atoms with E-state index in [9.17, 15) is 9.59 Å². The Morgan fingerprint density at radius 2 is 2.17 bits per heavy atom. The predicted molar refractivity (Wildman–Crippen MR) is 86.4 cm³/mol. The first-order chi connectivity index (χ1) is 11.0. The topological polar surface area (TPSA) is 89.8 Å². The molecule has 0 atom stereocenters. The fourth-order valence-corrected chi connectivity index (χ4v) is 2.34. The second kappa shape index (κ2) is 6.13. The zero-order valence-corrected chi connectivity index (χ0v) is 12.9. The quantitative estimate of drug-likeness (QED) is 0.791. The normalized spacial score (nSPS) is 10.7. The molecule has 0 fully saturated rings. The van der Waals surface area contributed by atoms with Gasteiger partial charge in [0.05, 0.1) is 29.6 Å². The highest BCUT2D eigenvalue weighted by Crippen LogP contribution is 2.11. The van der Waals surface area contributed by atoms with Gasteiger partial charge in [-0.2, -0.15) is 0 Å². The smallest absolute Gasteiger partial charge is 0.261 e. The number of amides is 1. The molecular weight excluding hydrogens is 318 g/mol. The van der Waals surface area contributed by atoms with E-state index in [2.05, 4.69) is 20.3 Å². The molecule has 8 heteroatoms. The highest BCUT2D eigenvalue weighted by molar-refractivity contribution is 6.29. The van der Waals surface area contributed by atoms with Crippen LogP contribution in [0.5, 0.6) is 0 Å². The molecule has 1 N–H and O–H groups in total. The highest BCUT2D eigenvalue weighted by Gasteiger charge is 2.10. The number of hydrogen-bond acceptors (Lipinski definition) is 5. The van der Waals surface area contributed by atoms with Gasteiger partial charge in [-0.25, -0.2) is 9.97 Å². The van der Waals surface area contributed by atoms with Gasteiger partial charge in [0.2, 0.25) is 5.91 Å². The molecule has 1 aromatic carbocycles. The lowest BCUT2D eigenvalue weighted by atomic mass is 10.1. The van der Waals surface area contributed by atoms with Crippen LogP contribution >= 0.6 is 11.6 Å². The van der Waals surface area contributed by atoms with Crippen molar-refractivity contribution in [2.45, 2.75) is 13.5 Å². The number of fused-ring (bicyclic) bond motifs is 1. The van der Waals surface area contributed by atoms with Crippen molar-refractivity contribution >= 4 is 34.2 Å². The number of carbonyl (C=O) groups excluding carboxylic acids is 1. The summed E-state index contributed by atoms with van der Waals surface area (Å²) in [5.74, 6) is -0.197. The van der Waals surface area contributed by atoms with Gasteiger partial charge in [-0.3, -0.25) is 19.1 Å². The first-order valence-electron chi connectivity index (χ1n) is 6.77. The van der Waals surface area contributed by atoms with Crippen LogP contribution in [0.4, 0.5) is 5.82 Å². The second-order valence-electron chi connectivity index (χ2n) is 4.92. The predicted octanol–water partition coefficient (Wildman–Crippen LogP) is 1.79. The molecule has 3 aromatic rings. The summed E-state index contributed by atoms with van der Waals surface area (Å²) in [5, 5.41) is 3.18. The Bertz CT molecular complexity index is 954. The number of aromatic nitrogens is 4. The van der Waals surface area contributed by atoms with Crippen LogP contribution < -0.4 is 10.9 Å². The van der Waals surface area contributed by atoms with Crippen molar-refractivity contribution in [3.8, 4) is 0 Å². The molecular formula is C15H12ClN5O2. The van der Waals surface area contributed by atoms with Crippen LogP contribution in [0.1, 0.15) is 5.56 Å². The van der Waals surface area contributed by atoms with E-state index < -0.39 is 5.91 Å². The summed E-state index contributed by atoms with van der Waals surface area (Å²) in [6.45, 7) is 1.70. The molecule has 3 rings (SSSR count). The van der Waals surface area contributed by atoms with Gasteiger partial charge in [-0.15, -0.1) is 0 Å². The Kier molecular flexibility index (Phi) is 4.03. The summed E-state index contributed by atoms with van der Waals surface area (Å²) in [5.41, 5.74) is 1.27. The van der Waals surface area contributed by atoms with Gasteiger partial charge in [0.25, 0.3) is 5.56 Å². The third-order valence-corrected chi connectivity index (χ3v) is 3.42. The molecule has 0 radical (unpaired) electrons. The van der Waals surface area contributed by atoms with Crippen molar-refractivity contribution in [2.75, 3.05) is 5.32 Å². The monoisotopic (exact) mass is 329 g/mol. The van der Waals surface area contributed by atoms with Crippen molar-refractivity contribution in [3.63, 3.8) is 0 Å². The minimum atomic E-state index is -0.419. The molecule has 0 aliphatic rings. The molecule has 0 bridgehead atoms. The van der Waals surface area contributed by atoms with Gasteiger partial charge >= 0.3 is 0 Å². The Morgan fingerprint density at radius 1 is 1.35 bits per heavy atom. The minimum absolute atomic E-state index is 0.169. The van der Waals surface area contributed by atoms with Gasteiger partial charge in [-0.1, -0.05) is 23.7 Å². The maximum absolute atomic E-state index is 12.4. The molecule has 0 saturated heterocycles. The molecule has 0 unspecified atom stereocenters. The van der Waals surface area contributed by atoms with Crippen molar-refractivity contribution in [2.24, 2.45) is 0 Å². The number of carbonyl (C=O) groups is 1. The molecule has 2 aromatic heterocycles. The zero-order valence-electron chi connectivity index (χ0n) is 12.2. The zero-order chi connectivity index (χ0) is 16.4. The summed E-state index contributed by atoms with van der Waals surface area (Å²) in [6, 6.07) is 5.35. The summed E-state index contributed by atoms with van der Waals surface area (Å²) in [7, 11) is 0. The summed E-state index contributed by atoms with van der Waals surface area (Å²) in [6.07, 6.45) is 4.09. The van der Waals surface area contributed by atoms with Crippen molar-refractivity contribution in [1.29, 1.82) is 0 Å². The number of para-hydroxylation sites is 1. The number of hydrogen-bond donors (Lipinski definition) is 1. The van der Waals surface area contributed by atoms with Crippen LogP contribution in [0.15, 0.2) is 41.7 Å². The molecule has 0 aliphatic heterocycles. The van der Waals surface area contributed by atoms with E-state index in [0.717, 1.165) is 5.56 Å². The molecule has 116 valence electrons. The van der Waals surface area contributed by atoms with Crippen LogP contribution in [0, 0.1) is 6.92 Å². The van der Waals surface area contributed by atoms with Gasteiger partial charge in [0, 0.05) is 0 Å². The molecule has 1 amide bonds. The average molecular weight is 330 g/mol. The number of anilines is 1. The molecule has 0 saturated carbocycles. The van der Waals surface area contributed by atoms with Gasteiger partial charge in [0.1, 0.15) is 11.7 Å². The number of aryl methyl sites for hydroxylation is 1. The number of nitrogens with one attached hydrogen (secondary N) is 1. The summed E-state index contributed by atoms with van der Waals surface area (Å²) in [4.78, 5) is 36.4. The Hall–Kier alpha value is -2.80. The first-order valence-corrected chi connectivity index (χ1v) is 7.14. The van der Waals surface area contributed by atoms with E-state index in [0.29, 0.717) is 10.9 Å². The lowest BCUT2D eigenvalue weighted by Crippen LogP contribution is -2.28. The van der Waals surface area contributed by atoms with Crippen LogP contribution in [-0.2, 0) is 11.3 Å². The number of nitrogens with zero attached hydrogens (tertiary/aromatic N) is 4. The largest absolute Gasteiger partial charge is 0.308 e. The summed E-state index contributed by atoms with van der Waals surface area (Å²) >= 11 is 5.70. The van der Waals surface area contributed by atoms with E-state index in [1.54, 1.807) is 12.1 Å². The maximum Gasteiger partial charge on any atom is 0.261 e. The van der Waals surface area contributed by atoms with Crippen molar-refractivity contribution in [3.05, 3.63) is 58.0 Å². The standard InChI is InChI=1S/C15H12ClN5O2/c1-9-3-2-4-10-14(9)18-8-21(15(10)23)7-13(22)20-12-6-17-5-11(16)19-12/h2-6,8H,7H2,1H3,(H,19,20,22). The number of benzene rings is 1.